The maximum Gasteiger partial charge on any atom is 0.326 e. The molecule has 0 aliphatic carbocycles. The molecular weight excluding hydrogens is 246 g/mol. The van der Waals surface area contributed by atoms with Crippen molar-refractivity contribution >= 4 is 23.2 Å². The normalized spacial score (nSPS) is 13.9. The van der Waals surface area contributed by atoms with E-state index in [4.69, 9.17) is 17.3 Å². The molecule has 4 heteroatoms. The lowest BCUT2D eigenvalue weighted by atomic mass is 9.99. The van der Waals surface area contributed by atoms with Crippen LogP contribution in [0.25, 0.3) is 0 Å². The molecule has 0 aromatic heterocycles. The van der Waals surface area contributed by atoms with Crippen molar-refractivity contribution in [2.24, 2.45) is 5.92 Å². The van der Waals surface area contributed by atoms with E-state index in [0.29, 0.717) is 4.99 Å². The highest BCUT2D eigenvalue weighted by molar-refractivity contribution is 7.80. The second-order valence-corrected chi connectivity index (χ2v) is 5.43. The predicted molar refractivity (Wildman–Crippen MR) is 80.0 cm³/mol. The van der Waals surface area contributed by atoms with Gasteiger partial charge in [-0.2, -0.15) is 0 Å². The van der Waals surface area contributed by atoms with Crippen LogP contribution in [0.5, 0.6) is 0 Å². The summed E-state index contributed by atoms with van der Waals surface area (Å²) in [6, 6.07) is -0.543. The molecule has 106 valence electrons. The van der Waals surface area contributed by atoms with Crippen LogP contribution in [0.4, 0.5) is 0 Å². The second kappa shape index (κ2) is 10.3. The van der Waals surface area contributed by atoms with E-state index >= 15 is 0 Å². The highest BCUT2D eigenvalue weighted by Gasteiger charge is 2.23. The molecular formula is C14H27NO2S. The van der Waals surface area contributed by atoms with Gasteiger partial charge in [-0.05, 0) is 18.8 Å². The van der Waals surface area contributed by atoms with Crippen molar-refractivity contribution in [3.63, 3.8) is 0 Å². The van der Waals surface area contributed by atoms with Crippen LogP contribution >= 0.6 is 12.2 Å². The Morgan fingerprint density at radius 1 is 1.22 bits per heavy atom. The molecule has 0 aromatic rings. The van der Waals surface area contributed by atoms with E-state index in [9.17, 15) is 4.79 Å². The van der Waals surface area contributed by atoms with E-state index in [0.717, 1.165) is 19.3 Å². The van der Waals surface area contributed by atoms with Gasteiger partial charge >= 0.3 is 5.97 Å². The minimum absolute atomic E-state index is 0.0977. The number of carboxylic acid groups (broad SMARTS) is 1. The minimum Gasteiger partial charge on any atom is -0.480 e. The molecule has 0 bridgehead atoms. The number of carbonyl (C=O) groups is 1. The van der Waals surface area contributed by atoms with Crippen LogP contribution in [0.2, 0.25) is 0 Å². The number of rotatable bonds is 10. The molecule has 0 amide bonds. The number of hydrogen-bond donors (Lipinski definition) is 2. The summed E-state index contributed by atoms with van der Waals surface area (Å²) in [7, 11) is 0. The summed E-state index contributed by atoms with van der Waals surface area (Å²) in [6.07, 6.45) is 7.62. The molecule has 0 rings (SSSR count). The summed E-state index contributed by atoms with van der Waals surface area (Å²) in [6.45, 7) is 6.13. The van der Waals surface area contributed by atoms with Gasteiger partial charge in [0.25, 0.3) is 0 Å². The van der Waals surface area contributed by atoms with Crippen LogP contribution < -0.4 is 5.32 Å². The molecule has 0 saturated heterocycles. The van der Waals surface area contributed by atoms with E-state index in [1.807, 2.05) is 13.8 Å². The number of thiocarbonyl (C=S) groups is 1. The third kappa shape index (κ3) is 7.64. The molecule has 0 fully saturated rings. The maximum atomic E-state index is 11.1. The van der Waals surface area contributed by atoms with Gasteiger partial charge in [0.15, 0.2) is 0 Å². The lowest BCUT2D eigenvalue weighted by molar-refractivity contribution is -0.140. The van der Waals surface area contributed by atoms with Gasteiger partial charge in [0, 0.05) is 0 Å². The summed E-state index contributed by atoms with van der Waals surface area (Å²) < 4.78 is 0. The van der Waals surface area contributed by atoms with Crippen LogP contribution in [-0.4, -0.2) is 22.1 Å². The molecule has 0 spiro atoms. The number of unbranched alkanes of at least 4 members (excludes halogenated alkanes) is 4. The average molecular weight is 273 g/mol. The molecule has 3 nitrogen and oxygen atoms in total. The fourth-order valence-electron chi connectivity index (χ4n) is 1.82. The van der Waals surface area contributed by atoms with Gasteiger partial charge in [-0.3, -0.25) is 0 Å². The Hall–Kier alpha value is -0.640. The van der Waals surface area contributed by atoms with Crippen molar-refractivity contribution in [2.45, 2.75) is 71.8 Å². The Kier molecular flexibility index (Phi) is 9.93. The third-order valence-corrected chi connectivity index (χ3v) is 3.62. The zero-order valence-electron chi connectivity index (χ0n) is 11.9. The van der Waals surface area contributed by atoms with Crippen LogP contribution in [-0.2, 0) is 4.79 Å². The Labute approximate surface area is 116 Å². The van der Waals surface area contributed by atoms with Gasteiger partial charge in [0.2, 0.25) is 0 Å². The summed E-state index contributed by atoms with van der Waals surface area (Å²) >= 11 is 5.22. The summed E-state index contributed by atoms with van der Waals surface area (Å²) in [5.74, 6) is -0.710. The Morgan fingerprint density at radius 2 is 1.83 bits per heavy atom. The van der Waals surface area contributed by atoms with E-state index < -0.39 is 12.0 Å². The van der Waals surface area contributed by atoms with E-state index in [1.165, 1.54) is 25.7 Å². The van der Waals surface area contributed by atoms with Gasteiger partial charge in [-0.25, -0.2) is 4.79 Å². The van der Waals surface area contributed by atoms with Gasteiger partial charge < -0.3 is 10.4 Å². The molecule has 2 atom stereocenters. The van der Waals surface area contributed by atoms with Gasteiger partial charge in [-0.1, -0.05) is 65.1 Å². The van der Waals surface area contributed by atoms with Crippen LogP contribution in [0, 0.1) is 5.92 Å². The third-order valence-electron chi connectivity index (χ3n) is 3.30. The predicted octanol–water partition coefficient (Wildman–Crippen LogP) is 3.76. The summed E-state index contributed by atoms with van der Waals surface area (Å²) in [4.78, 5) is 11.8. The van der Waals surface area contributed by atoms with Crippen molar-refractivity contribution < 1.29 is 9.90 Å². The average Bonchev–Trinajstić information content (AvgIpc) is 2.34. The fourth-order valence-corrected chi connectivity index (χ4v) is 2.09. The molecule has 0 unspecified atom stereocenters. The topological polar surface area (TPSA) is 49.3 Å². The summed E-state index contributed by atoms with van der Waals surface area (Å²) in [5, 5.41) is 12.1. The number of hydrogen-bond acceptors (Lipinski definition) is 2. The van der Waals surface area contributed by atoms with Crippen LogP contribution in [0.3, 0.4) is 0 Å². The lowest BCUT2D eigenvalue weighted by Gasteiger charge is -2.21. The monoisotopic (exact) mass is 273 g/mol. The second-order valence-electron chi connectivity index (χ2n) is 4.93. The highest BCUT2D eigenvalue weighted by atomic mass is 32.1. The van der Waals surface area contributed by atoms with Gasteiger partial charge in [0.1, 0.15) is 6.04 Å². The van der Waals surface area contributed by atoms with E-state index in [2.05, 4.69) is 12.2 Å². The largest absolute Gasteiger partial charge is 0.480 e. The highest BCUT2D eigenvalue weighted by Crippen LogP contribution is 2.10. The molecule has 2 N–H and O–H groups in total. The van der Waals surface area contributed by atoms with Gasteiger partial charge in [0.05, 0.1) is 4.99 Å². The first-order valence-corrected chi connectivity index (χ1v) is 7.45. The van der Waals surface area contributed by atoms with Crippen molar-refractivity contribution in [1.29, 1.82) is 0 Å². The molecule has 0 radical (unpaired) electrons. The zero-order valence-corrected chi connectivity index (χ0v) is 12.7. The molecule has 0 saturated carbocycles. The smallest absolute Gasteiger partial charge is 0.326 e. The van der Waals surface area contributed by atoms with Gasteiger partial charge in [-0.15, -0.1) is 0 Å². The first kappa shape index (κ1) is 17.4. The van der Waals surface area contributed by atoms with Crippen molar-refractivity contribution in [2.75, 3.05) is 0 Å². The molecule has 0 aliphatic heterocycles. The van der Waals surface area contributed by atoms with Crippen molar-refractivity contribution in [3.05, 3.63) is 0 Å². The number of carboxylic acids is 1. The maximum absolute atomic E-state index is 11.1. The summed E-state index contributed by atoms with van der Waals surface area (Å²) in [5.41, 5.74) is 0. The molecule has 0 aromatic carbocycles. The fraction of sp³-hybridized carbons (Fsp3) is 0.857. The van der Waals surface area contributed by atoms with E-state index in [-0.39, 0.29) is 5.92 Å². The first-order valence-electron chi connectivity index (χ1n) is 7.05. The Morgan fingerprint density at radius 3 is 2.33 bits per heavy atom. The lowest BCUT2D eigenvalue weighted by Crippen LogP contribution is -2.44. The SMILES string of the molecule is CCCCCCCC(=S)N[C@H](C(=O)O)[C@@H](C)CC. The van der Waals surface area contributed by atoms with Crippen LogP contribution in [0.1, 0.15) is 65.7 Å². The zero-order chi connectivity index (χ0) is 14.0. The van der Waals surface area contributed by atoms with Crippen LogP contribution in [0.15, 0.2) is 0 Å². The van der Waals surface area contributed by atoms with Crippen molar-refractivity contribution in [1.82, 2.24) is 5.32 Å². The first-order chi connectivity index (χ1) is 8.52. The molecule has 0 aliphatic rings. The molecule has 18 heavy (non-hydrogen) atoms. The Balaban J connectivity index is 3.92. The van der Waals surface area contributed by atoms with E-state index in [1.54, 1.807) is 0 Å². The minimum atomic E-state index is -0.808. The standard InChI is InChI=1S/C14H27NO2S/c1-4-6-7-8-9-10-12(18)15-13(14(16)17)11(3)5-2/h11,13H,4-10H2,1-3H3,(H,15,18)(H,16,17)/t11-,13-/m0/s1. The number of aliphatic carboxylic acids is 1. The Bertz CT molecular complexity index is 256. The molecule has 0 heterocycles. The number of nitrogens with one attached hydrogen (secondary N) is 1. The van der Waals surface area contributed by atoms with Crippen molar-refractivity contribution in [3.8, 4) is 0 Å². The quantitative estimate of drug-likeness (QED) is 0.470.